The Morgan fingerprint density at radius 3 is 3.00 bits per heavy atom. The maximum Gasteiger partial charge on any atom is 0.261 e. The molecule has 1 N–H and O–H groups in total. The Balaban J connectivity index is 2.24. The highest BCUT2D eigenvalue weighted by Crippen LogP contribution is 2.20. The van der Waals surface area contributed by atoms with Crippen LogP contribution in [0.4, 0.5) is 0 Å². The molecule has 16 heavy (non-hydrogen) atoms. The molecule has 0 radical (unpaired) electrons. The molecule has 6 heteroatoms. The number of ether oxygens (including phenoxy) is 2. The lowest BCUT2D eigenvalue weighted by molar-refractivity contribution is 0.0927. The molecule has 1 heterocycles. The SMILES string of the molecule is COc1csc(C(=O)NCCOCCCl)c1. The van der Waals surface area contributed by atoms with E-state index >= 15 is 0 Å². The lowest BCUT2D eigenvalue weighted by atomic mass is 10.4. The average molecular weight is 264 g/mol. The van der Waals surface area contributed by atoms with Gasteiger partial charge in [-0.2, -0.15) is 0 Å². The molecule has 0 spiro atoms. The van der Waals surface area contributed by atoms with E-state index in [0.29, 0.717) is 36.3 Å². The van der Waals surface area contributed by atoms with Crippen LogP contribution in [0.1, 0.15) is 9.67 Å². The van der Waals surface area contributed by atoms with Crippen molar-refractivity contribution in [2.24, 2.45) is 0 Å². The summed E-state index contributed by atoms with van der Waals surface area (Å²) < 4.78 is 10.1. The quantitative estimate of drug-likeness (QED) is 0.602. The van der Waals surface area contributed by atoms with Crippen LogP contribution in [0.5, 0.6) is 5.75 Å². The van der Waals surface area contributed by atoms with Gasteiger partial charge in [0, 0.05) is 23.9 Å². The van der Waals surface area contributed by atoms with Crippen molar-refractivity contribution in [3.63, 3.8) is 0 Å². The molecule has 0 aliphatic heterocycles. The van der Waals surface area contributed by atoms with Gasteiger partial charge in [-0.15, -0.1) is 22.9 Å². The Labute approximate surface area is 104 Å². The smallest absolute Gasteiger partial charge is 0.261 e. The molecule has 0 aliphatic carbocycles. The summed E-state index contributed by atoms with van der Waals surface area (Å²) in [7, 11) is 1.57. The van der Waals surface area contributed by atoms with Crippen molar-refractivity contribution in [3.05, 3.63) is 16.3 Å². The number of hydrogen-bond donors (Lipinski definition) is 1. The Kier molecular flexibility index (Phi) is 6.22. The molecule has 0 bridgehead atoms. The van der Waals surface area contributed by atoms with Crippen LogP contribution < -0.4 is 10.1 Å². The number of thiophene rings is 1. The summed E-state index contributed by atoms with van der Waals surface area (Å²) in [6.45, 7) is 1.46. The van der Waals surface area contributed by atoms with Crippen LogP contribution in [0.3, 0.4) is 0 Å². The van der Waals surface area contributed by atoms with Gasteiger partial charge in [0.05, 0.1) is 25.2 Å². The van der Waals surface area contributed by atoms with Crippen molar-refractivity contribution in [3.8, 4) is 5.75 Å². The van der Waals surface area contributed by atoms with Crippen LogP contribution in [0, 0.1) is 0 Å². The second kappa shape index (κ2) is 7.49. The summed E-state index contributed by atoms with van der Waals surface area (Å²) in [6, 6.07) is 1.71. The third-order valence-electron chi connectivity index (χ3n) is 1.79. The summed E-state index contributed by atoms with van der Waals surface area (Å²) >= 11 is 6.78. The van der Waals surface area contributed by atoms with E-state index in [-0.39, 0.29) is 5.91 Å². The zero-order chi connectivity index (χ0) is 11.8. The molecule has 1 aromatic heterocycles. The minimum absolute atomic E-state index is 0.109. The van der Waals surface area contributed by atoms with E-state index in [2.05, 4.69) is 5.32 Å². The van der Waals surface area contributed by atoms with E-state index in [1.165, 1.54) is 11.3 Å². The topological polar surface area (TPSA) is 47.6 Å². The second-order valence-corrected chi connectivity index (χ2v) is 4.20. The van der Waals surface area contributed by atoms with Gasteiger partial charge in [-0.3, -0.25) is 4.79 Å². The summed E-state index contributed by atoms with van der Waals surface area (Å²) in [6.07, 6.45) is 0. The number of carbonyl (C=O) groups is 1. The fourth-order valence-corrected chi connectivity index (χ4v) is 1.91. The Bertz CT molecular complexity index is 330. The molecule has 0 saturated heterocycles. The number of hydrogen-bond acceptors (Lipinski definition) is 4. The zero-order valence-electron chi connectivity index (χ0n) is 8.99. The van der Waals surface area contributed by atoms with Crippen LogP contribution in [0.15, 0.2) is 11.4 Å². The molecule has 0 aromatic carbocycles. The predicted molar refractivity (Wildman–Crippen MR) is 64.7 cm³/mol. The van der Waals surface area contributed by atoms with Gasteiger partial charge in [-0.05, 0) is 0 Å². The summed E-state index contributed by atoms with van der Waals surface area (Å²) in [5.74, 6) is 1.06. The fraction of sp³-hybridized carbons (Fsp3) is 0.500. The van der Waals surface area contributed by atoms with Gasteiger partial charge in [0.2, 0.25) is 0 Å². The first-order valence-electron chi connectivity index (χ1n) is 4.82. The van der Waals surface area contributed by atoms with Crippen LogP contribution in [-0.2, 0) is 4.74 Å². The van der Waals surface area contributed by atoms with Gasteiger partial charge in [-0.25, -0.2) is 0 Å². The van der Waals surface area contributed by atoms with Gasteiger partial charge < -0.3 is 14.8 Å². The number of halogens is 1. The van der Waals surface area contributed by atoms with Crippen LogP contribution >= 0.6 is 22.9 Å². The second-order valence-electron chi connectivity index (χ2n) is 2.91. The van der Waals surface area contributed by atoms with Crippen molar-refractivity contribution >= 4 is 28.8 Å². The number of nitrogens with one attached hydrogen (secondary N) is 1. The number of methoxy groups -OCH3 is 1. The van der Waals surface area contributed by atoms with Crippen LogP contribution in [0.25, 0.3) is 0 Å². The Morgan fingerprint density at radius 2 is 2.38 bits per heavy atom. The zero-order valence-corrected chi connectivity index (χ0v) is 10.6. The number of rotatable bonds is 7. The maximum atomic E-state index is 11.6. The lowest BCUT2D eigenvalue weighted by Crippen LogP contribution is -2.26. The molecule has 0 aliphatic rings. The highest BCUT2D eigenvalue weighted by molar-refractivity contribution is 7.12. The molecular weight excluding hydrogens is 250 g/mol. The van der Waals surface area contributed by atoms with E-state index in [9.17, 15) is 4.79 Å². The Hall–Kier alpha value is -0.780. The van der Waals surface area contributed by atoms with E-state index in [1.807, 2.05) is 0 Å². The summed E-state index contributed by atoms with van der Waals surface area (Å²) in [5.41, 5.74) is 0. The normalized spacial score (nSPS) is 10.1. The molecule has 0 saturated carbocycles. The van der Waals surface area contributed by atoms with Crippen molar-refractivity contribution in [1.82, 2.24) is 5.32 Å². The Morgan fingerprint density at radius 1 is 1.56 bits per heavy atom. The molecule has 4 nitrogen and oxygen atoms in total. The van der Waals surface area contributed by atoms with E-state index < -0.39 is 0 Å². The monoisotopic (exact) mass is 263 g/mol. The molecule has 90 valence electrons. The van der Waals surface area contributed by atoms with Gasteiger partial charge in [-0.1, -0.05) is 0 Å². The van der Waals surface area contributed by atoms with Gasteiger partial charge in [0.15, 0.2) is 0 Å². The average Bonchev–Trinajstić information content (AvgIpc) is 2.77. The maximum absolute atomic E-state index is 11.6. The van der Waals surface area contributed by atoms with E-state index in [1.54, 1.807) is 18.6 Å². The molecule has 1 amide bonds. The number of alkyl halides is 1. The molecule has 1 rings (SSSR count). The fourth-order valence-electron chi connectivity index (χ4n) is 1.03. The molecule has 0 fully saturated rings. The van der Waals surface area contributed by atoms with Crippen LogP contribution in [-0.4, -0.2) is 38.7 Å². The van der Waals surface area contributed by atoms with Crippen LogP contribution in [0.2, 0.25) is 0 Å². The third-order valence-corrected chi connectivity index (χ3v) is 2.85. The highest BCUT2D eigenvalue weighted by atomic mass is 35.5. The largest absolute Gasteiger partial charge is 0.496 e. The minimum Gasteiger partial charge on any atom is -0.496 e. The predicted octanol–water partition coefficient (Wildman–Crippen LogP) is 1.74. The highest BCUT2D eigenvalue weighted by Gasteiger charge is 2.08. The first-order valence-corrected chi connectivity index (χ1v) is 6.23. The molecule has 1 aromatic rings. The van der Waals surface area contributed by atoms with Gasteiger partial charge >= 0.3 is 0 Å². The standard InChI is InChI=1S/C10H14ClNO3S/c1-14-8-6-9(16-7-8)10(13)12-3-5-15-4-2-11/h6-7H,2-5H2,1H3,(H,12,13). The molecule has 0 unspecified atom stereocenters. The number of carbonyl (C=O) groups excluding carboxylic acids is 1. The van der Waals surface area contributed by atoms with Gasteiger partial charge in [0.1, 0.15) is 5.75 Å². The first-order chi connectivity index (χ1) is 7.77. The van der Waals surface area contributed by atoms with Crippen molar-refractivity contribution < 1.29 is 14.3 Å². The minimum atomic E-state index is -0.109. The third kappa shape index (κ3) is 4.38. The summed E-state index contributed by atoms with van der Waals surface area (Å²) in [4.78, 5) is 12.2. The van der Waals surface area contributed by atoms with E-state index in [0.717, 1.165) is 0 Å². The van der Waals surface area contributed by atoms with Crippen molar-refractivity contribution in [2.75, 3.05) is 32.7 Å². The number of amides is 1. The molecule has 0 atom stereocenters. The first kappa shape index (κ1) is 13.3. The molecular formula is C10H14ClNO3S. The van der Waals surface area contributed by atoms with Crippen molar-refractivity contribution in [1.29, 1.82) is 0 Å². The van der Waals surface area contributed by atoms with Crippen molar-refractivity contribution in [2.45, 2.75) is 0 Å². The lowest BCUT2D eigenvalue weighted by Gasteiger charge is -2.03. The van der Waals surface area contributed by atoms with E-state index in [4.69, 9.17) is 21.1 Å². The van der Waals surface area contributed by atoms with Gasteiger partial charge in [0.25, 0.3) is 5.91 Å². The summed E-state index contributed by atoms with van der Waals surface area (Å²) in [5, 5.41) is 4.53.